The first-order valence-electron chi connectivity index (χ1n) is 11.1. The lowest BCUT2D eigenvalue weighted by molar-refractivity contribution is -0.135. The maximum Gasteiger partial charge on any atom is 0.238 e. The standard InChI is InChI=1S/C25H32N2O4/c1-30-19-12-10-18(11-13-19)26-23(28)17-27-16-15-25(29)14-6-5-8-21(25)24(27)20-7-3-4-9-22(20)31-2/h3-4,7,9-13,21,24,29H,5-6,8,14-17H2,1-2H3,(H,26,28)/t21-,24+,25+/m0/s1. The van der Waals surface area contributed by atoms with Crippen LogP contribution in [0.5, 0.6) is 11.5 Å². The van der Waals surface area contributed by atoms with Gasteiger partial charge in [0.05, 0.1) is 26.4 Å². The zero-order valence-electron chi connectivity index (χ0n) is 18.3. The lowest BCUT2D eigenvalue weighted by Crippen LogP contribution is -2.56. The summed E-state index contributed by atoms with van der Waals surface area (Å²) in [6.45, 7) is 0.938. The van der Waals surface area contributed by atoms with Gasteiger partial charge < -0.3 is 19.9 Å². The van der Waals surface area contributed by atoms with Crippen molar-refractivity contribution in [1.29, 1.82) is 0 Å². The Kier molecular flexibility index (Phi) is 6.49. The summed E-state index contributed by atoms with van der Waals surface area (Å²) >= 11 is 0. The van der Waals surface area contributed by atoms with Crippen LogP contribution in [0.4, 0.5) is 5.69 Å². The zero-order chi connectivity index (χ0) is 21.8. The number of aliphatic hydroxyl groups is 1. The molecule has 6 heteroatoms. The van der Waals surface area contributed by atoms with Crippen molar-refractivity contribution >= 4 is 11.6 Å². The molecule has 1 heterocycles. The smallest absolute Gasteiger partial charge is 0.238 e. The Balaban J connectivity index is 1.57. The summed E-state index contributed by atoms with van der Waals surface area (Å²) in [6.07, 6.45) is 4.64. The molecule has 2 aromatic rings. The number of benzene rings is 2. The van der Waals surface area contributed by atoms with E-state index in [0.717, 1.165) is 48.4 Å². The third-order valence-electron chi connectivity index (χ3n) is 6.85. The van der Waals surface area contributed by atoms with Crippen LogP contribution in [0, 0.1) is 5.92 Å². The number of anilines is 1. The molecule has 4 rings (SSSR count). The predicted molar refractivity (Wildman–Crippen MR) is 120 cm³/mol. The number of hydrogen-bond donors (Lipinski definition) is 2. The topological polar surface area (TPSA) is 71.0 Å². The van der Waals surface area contributed by atoms with Crippen LogP contribution in [-0.2, 0) is 4.79 Å². The SMILES string of the molecule is COc1ccc(NC(=O)CN2CC[C@]3(O)CCCC[C@H]3[C@H]2c2ccccc2OC)cc1. The minimum absolute atomic E-state index is 0.0585. The van der Waals surface area contributed by atoms with Crippen molar-refractivity contribution in [2.75, 3.05) is 32.6 Å². The van der Waals surface area contributed by atoms with Crippen molar-refractivity contribution in [3.63, 3.8) is 0 Å². The molecule has 0 unspecified atom stereocenters. The van der Waals surface area contributed by atoms with E-state index in [1.807, 2.05) is 42.5 Å². The van der Waals surface area contributed by atoms with Crippen LogP contribution < -0.4 is 14.8 Å². The maximum absolute atomic E-state index is 12.9. The van der Waals surface area contributed by atoms with Gasteiger partial charge in [-0.05, 0) is 49.6 Å². The van der Waals surface area contributed by atoms with Gasteiger partial charge in [-0.15, -0.1) is 0 Å². The van der Waals surface area contributed by atoms with E-state index in [4.69, 9.17) is 9.47 Å². The van der Waals surface area contributed by atoms with Gasteiger partial charge >= 0.3 is 0 Å². The van der Waals surface area contributed by atoms with Gasteiger partial charge in [0.15, 0.2) is 0 Å². The van der Waals surface area contributed by atoms with Gasteiger partial charge in [-0.25, -0.2) is 0 Å². The van der Waals surface area contributed by atoms with Crippen molar-refractivity contribution in [3.05, 3.63) is 54.1 Å². The summed E-state index contributed by atoms with van der Waals surface area (Å²) in [7, 11) is 3.30. The number of methoxy groups -OCH3 is 2. The normalized spacial score (nSPS) is 26.0. The van der Waals surface area contributed by atoms with Crippen LogP contribution in [-0.4, -0.2) is 48.8 Å². The monoisotopic (exact) mass is 424 g/mol. The maximum atomic E-state index is 12.9. The van der Waals surface area contributed by atoms with Gasteiger partial charge in [0.2, 0.25) is 5.91 Å². The third-order valence-corrected chi connectivity index (χ3v) is 6.85. The summed E-state index contributed by atoms with van der Waals surface area (Å²) in [6, 6.07) is 15.3. The summed E-state index contributed by atoms with van der Waals surface area (Å²) in [5.41, 5.74) is 1.12. The highest BCUT2D eigenvalue weighted by molar-refractivity contribution is 5.92. The van der Waals surface area contributed by atoms with Crippen molar-refractivity contribution < 1.29 is 19.4 Å². The number of carbonyl (C=O) groups excluding carboxylic acids is 1. The first-order valence-corrected chi connectivity index (χ1v) is 11.1. The predicted octanol–water partition coefficient (Wildman–Crippen LogP) is 4.01. The molecule has 0 radical (unpaired) electrons. The first kappa shape index (κ1) is 21.7. The zero-order valence-corrected chi connectivity index (χ0v) is 18.3. The molecular weight excluding hydrogens is 392 g/mol. The lowest BCUT2D eigenvalue weighted by Gasteiger charge is -2.52. The number of carbonyl (C=O) groups is 1. The number of likely N-dealkylation sites (tertiary alicyclic amines) is 1. The van der Waals surface area contributed by atoms with E-state index < -0.39 is 5.60 Å². The van der Waals surface area contributed by atoms with Crippen molar-refractivity contribution in [2.45, 2.75) is 43.7 Å². The lowest BCUT2D eigenvalue weighted by atomic mass is 9.66. The first-order chi connectivity index (χ1) is 15.0. The Labute approximate surface area is 184 Å². The van der Waals surface area contributed by atoms with Crippen LogP contribution in [0.15, 0.2) is 48.5 Å². The number of nitrogens with one attached hydrogen (secondary N) is 1. The minimum atomic E-state index is -0.674. The van der Waals surface area contributed by atoms with Gasteiger partial charge in [-0.2, -0.15) is 0 Å². The highest BCUT2D eigenvalue weighted by atomic mass is 16.5. The number of rotatable bonds is 6. The van der Waals surface area contributed by atoms with Gasteiger partial charge in [0.25, 0.3) is 0 Å². The minimum Gasteiger partial charge on any atom is -0.497 e. The van der Waals surface area contributed by atoms with Crippen LogP contribution in [0.2, 0.25) is 0 Å². The number of fused-ring (bicyclic) bond motifs is 1. The van der Waals surface area contributed by atoms with Crippen LogP contribution in [0.1, 0.15) is 43.7 Å². The molecule has 1 aliphatic carbocycles. The molecule has 1 saturated carbocycles. The van der Waals surface area contributed by atoms with Gasteiger partial charge in [0.1, 0.15) is 11.5 Å². The largest absolute Gasteiger partial charge is 0.497 e. The second kappa shape index (κ2) is 9.28. The third kappa shape index (κ3) is 4.55. The van der Waals surface area contributed by atoms with Crippen molar-refractivity contribution in [3.8, 4) is 11.5 Å². The second-order valence-electron chi connectivity index (χ2n) is 8.64. The molecule has 2 aliphatic rings. The van der Waals surface area contributed by atoms with E-state index in [9.17, 15) is 9.90 Å². The van der Waals surface area contributed by atoms with E-state index >= 15 is 0 Å². The highest BCUT2D eigenvalue weighted by Crippen LogP contribution is 2.50. The number of nitrogens with zero attached hydrogens (tertiary/aromatic N) is 1. The van der Waals surface area contributed by atoms with Gasteiger partial charge in [-0.3, -0.25) is 9.69 Å². The molecule has 2 fully saturated rings. The average Bonchev–Trinajstić information content (AvgIpc) is 2.79. The van der Waals surface area contributed by atoms with E-state index in [0.29, 0.717) is 13.0 Å². The number of hydrogen-bond acceptors (Lipinski definition) is 5. The molecule has 0 bridgehead atoms. The van der Waals surface area contributed by atoms with Crippen LogP contribution in [0.3, 0.4) is 0 Å². The Bertz CT molecular complexity index is 901. The number of amides is 1. The molecule has 2 aromatic carbocycles. The fraction of sp³-hybridized carbons (Fsp3) is 0.480. The Morgan fingerprint density at radius 1 is 1.10 bits per heavy atom. The van der Waals surface area contributed by atoms with E-state index in [1.165, 1.54) is 0 Å². The summed E-state index contributed by atoms with van der Waals surface area (Å²) in [4.78, 5) is 15.1. The summed E-state index contributed by atoms with van der Waals surface area (Å²) in [5, 5.41) is 14.4. The Hall–Kier alpha value is -2.57. The molecular formula is C25H32N2O4. The summed E-state index contributed by atoms with van der Waals surface area (Å²) in [5.74, 6) is 1.58. The summed E-state index contributed by atoms with van der Waals surface area (Å²) < 4.78 is 10.8. The number of para-hydroxylation sites is 1. The average molecular weight is 425 g/mol. The fourth-order valence-corrected chi connectivity index (χ4v) is 5.30. The Morgan fingerprint density at radius 3 is 2.61 bits per heavy atom. The van der Waals surface area contributed by atoms with E-state index in [-0.39, 0.29) is 24.4 Å². The van der Waals surface area contributed by atoms with Gasteiger partial charge in [-0.1, -0.05) is 31.0 Å². The number of piperidine rings is 1. The van der Waals surface area contributed by atoms with E-state index in [2.05, 4.69) is 16.3 Å². The molecule has 2 N–H and O–H groups in total. The molecule has 1 saturated heterocycles. The molecule has 0 aromatic heterocycles. The molecule has 0 spiro atoms. The number of ether oxygens (including phenoxy) is 2. The van der Waals surface area contributed by atoms with Crippen LogP contribution >= 0.6 is 0 Å². The van der Waals surface area contributed by atoms with Crippen LogP contribution in [0.25, 0.3) is 0 Å². The van der Waals surface area contributed by atoms with Crippen molar-refractivity contribution in [1.82, 2.24) is 4.90 Å². The van der Waals surface area contributed by atoms with Gasteiger partial charge in [0, 0.05) is 29.8 Å². The highest BCUT2D eigenvalue weighted by Gasteiger charge is 2.49. The molecule has 3 atom stereocenters. The Morgan fingerprint density at radius 2 is 1.87 bits per heavy atom. The molecule has 166 valence electrons. The molecule has 31 heavy (non-hydrogen) atoms. The fourth-order valence-electron chi connectivity index (χ4n) is 5.30. The molecule has 6 nitrogen and oxygen atoms in total. The van der Waals surface area contributed by atoms with Crippen molar-refractivity contribution in [2.24, 2.45) is 5.92 Å². The molecule has 1 aliphatic heterocycles. The second-order valence-corrected chi connectivity index (χ2v) is 8.64. The quantitative estimate of drug-likeness (QED) is 0.733. The molecule has 1 amide bonds. The van der Waals surface area contributed by atoms with E-state index in [1.54, 1.807) is 14.2 Å².